The van der Waals surface area contributed by atoms with Gasteiger partial charge in [0.1, 0.15) is 22.7 Å². The molecule has 0 N–H and O–H groups in total. The molecule has 1 amide bonds. The molecule has 0 saturated carbocycles. The highest BCUT2D eigenvalue weighted by Crippen LogP contribution is 2.29. The number of rotatable bonds is 2. The van der Waals surface area contributed by atoms with Crippen LogP contribution in [-0.2, 0) is 15.0 Å². The summed E-state index contributed by atoms with van der Waals surface area (Å²) in [6, 6.07) is 5.25. The average molecular weight is 286 g/mol. The van der Waals surface area contributed by atoms with Crippen LogP contribution in [0.25, 0.3) is 0 Å². The van der Waals surface area contributed by atoms with Gasteiger partial charge in [-0.1, -0.05) is 6.07 Å². The van der Waals surface area contributed by atoms with Crippen LogP contribution in [0.3, 0.4) is 0 Å². The van der Waals surface area contributed by atoms with Crippen molar-refractivity contribution in [2.75, 3.05) is 11.4 Å². The number of hydrogen-bond acceptors (Lipinski definition) is 4. The number of carbonyl (C=O) groups excluding carboxylic acids is 1. The third kappa shape index (κ3) is 2.42. The van der Waals surface area contributed by atoms with Gasteiger partial charge in [-0.3, -0.25) is 4.79 Å². The summed E-state index contributed by atoms with van der Waals surface area (Å²) in [6.07, 6.45) is -0.514. The van der Waals surface area contributed by atoms with Crippen LogP contribution in [0.5, 0.6) is 0 Å². The van der Waals surface area contributed by atoms with Gasteiger partial charge in [0.05, 0.1) is 5.69 Å². The van der Waals surface area contributed by atoms with E-state index in [9.17, 15) is 21.5 Å². The van der Waals surface area contributed by atoms with Gasteiger partial charge in [-0.15, -0.1) is 3.89 Å². The average Bonchev–Trinajstić information content (AvgIpc) is 2.70. The van der Waals surface area contributed by atoms with E-state index in [0.29, 0.717) is 0 Å². The van der Waals surface area contributed by atoms with Crippen molar-refractivity contribution in [3.05, 3.63) is 29.6 Å². The zero-order valence-electron chi connectivity index (χ0n) is 9.51. The highest BCUT2D eigenvalue weighted by atomic mass is 32.3. The molecule has 0 aliphatic carbocycles. The van der Waals surface area contributed by atoms with E-state index in [4.69, 9.17) is 5.26 Å². The molecule has 1 aliphatic rings. The molecule has 100 valence electrons. The quantitative estimate of drug-likeness (QED) is 0.763. The molecule has 0 bridgehead atoms. The van der Waals surface area contributed by atoms with E-state index in [1.807, 2.05) is 0 Å². The predicted octanol–water partition coefficient (Wildman–Crippen LogP) is 1.10. The second-order valence-corrected chi connectivity index (χ2v) is 5.67. The first kappa shape index (κ1) is 13.4. The van der Waals surface area contributed by atoms with Crippen molar-refractivity contribution in [2.45, 2.75) is 11.7 Å². The highest BCUT2D eigenvalue weighted by Gasteiger charge is 2.40. The van der Waals surface area contributed by atoms with Crippen LogP contribution in [0.15, 0.2) is 18.2 Å². The van der Waals surface area contributed by atoms with E-state index in [-0.39, 0.29) is 11.3 Å². The standard InChI is InChI=1S/C11H8F2N2O3S/c12-9-2-1-3-10(8(9)5-14)15-6-7(4-11(15)16)19(13,17)18/h1-3,7H,4,6H2. The maximum Gasteiger partial charge on any atom is 0.307 e. The second-order valence-electron chi connectivity index (χ2n) is 4.05. The van der Waals surface area contributed by atoms with Gasteiger partial charge in [-0.25, -0.2) is 4.39 Å². The molecule has 1 aliphatic heterocycles. The van der Waals surface area contributed by atoms with Gasteiger partial charge >= 0.3 is 10.2 Å². The molecule has 1 fully saturated rings. The van der Waals surface area contributed by atoms with E-state index in [2.05, 4.69) is 0 Å². The molecule has 19 heavy (non-hydrogen) atoms. The van der Waals surface area contributed by atoms with Gasteiger partial charge in [0.25, 0.3) is 0 Å². The Balaban J connectivity index is 2.43. The lowest BCUT2D eigenvalue weighted by Gasteiger charge is -2.17. The van der Waals surface area contributed by atoms with E-state index in [1.165, 1.54) is 12.1 Å². The first-order chi connectivity index (χ1) is 8.84. The van der Waals surface area contributed by atoms with Gasteiger partial charge in [0.15, 0.2) is 0 Å². The van der Waals surface area contributed by atoms with Gasteiger partial charge in [0, 0.05) is 13.0 Å². The molecule has 1 saturated heterocycles. The number of benzene rings is 1. The van der Waals surface area contributed by atoms with E-state index in [1.54, 1.807) is 6.07 Å². The smallest absolute Gasteiger partial charge is 0.307 e. The molecule has 2 rings (SSSR count). The molecule has 1 aromatic carbocycles. The summed E-state index contributed by atoms with van der Waals surface area (Å²) in [6.45, 7) is -0.421. The summed E-state index contributed by atoms with van der Waals surface area (Å²) in [5, 5.41) is 7.37. The zero-order chi connectivity index (χ0) is 14.2. The molecule has 0 spiro atoms. The SMILES string of the molecule is N#Cc1c(F)cccc1N1CC(S(=O)(=O)F)CC1=O. The Hall–Kier alpha value is -2.01. The van der Waals surface area contributed by atoms with Crippen molar-refractivity contribution < 1.29 is 21.5 Å². The van der Waals surface area contributed by atoms with Crippen molar-refractivity contribution in [3.63, 3.8) is 0 Å². The van der Waals surface area contributed by atoms with Gasteiger partial charge in [-0.05, 0) is 12.1 Å². The maximum absolute atomic E-state index is 13.4. The summed E-state index contributed by atoms with van der Waals surface area (Å²) in [5.74, 6) is -1.48. The number of amides is 1. The number of hydrogen-bond donors (Lipinski definition) is 0. The Morgan fingerprint density at radius 2 is 2.11 bits per heavy atom. The van der Waals surface area contributed by atoms with Crippen LogP contribution in [0.4, 0.5) is 14.0 Å². The van der Waals surface area contributed by atoms with E-state index >= 15 is 0 Å². The summed E-state index contributed by atoms with van der Waals surface area (Å²) >= 11 is 0. The Morgan fingerprint density at radius 3 is 2.63 bits per heavy atom. The molecule has 1 heterocycles. The normalized spacial score (nSPS) is 19.5. The number of anilines is 1. The summed E-state index contributed by atoms with van der Waals surface area (Å²) in [5.41, 5.74) is -0.411. The minimum atomic E-state index is -4.85. The fourth-order valence-corrected chi connectivity index (χ4v) is 2.61. The molecule has 1 aromatic rings. The second kappa shape index (κ2) is 4.59. The Bertz CT molecular complexity index is 682. The number of carbonyl (C=O) groups is 1. The van der Waals surface area contributed by atoms with Gasteiger partial charge in [-0.2, -0.15) is 13.7 Å². The Labute approximate surface area is 108 Å². The first-order valence-electron chi connectivity index (χ1n) is 5.27. The first-order valence-corrected chi connectivity index (χ1v) is 6.71. The third-order valence-corrected chi connectivity index (χ3v) is 3.99. The van der Waals surface area contributed by atoms with Crippen LogP contribution in [0.2, 0.25) is 0 Å². The van der Waals surface area contributed by atoms with Crippen LogP contribution in [-0.4, -0.2) is 26.1 Å². The van der Waals surface area contributed by atoms with Crippen LogP contribution in [0, 0.1) is 17.1 Å². The third-order valence-electron chi connectivity index (χ3n) is 2.88. The lowest BCUT2D eigenvalue weighted by Crippen LogP contribution is -2.27. The molecular formula is C11H8F2N2O3S. The highest BCUT2D eigenvalue weighted by molar-refractivity contribution is 7.87. The topological polar surface area (TPSA) is 78.2 Å². The molecule has 0 radical (unpaired) electrons. The van der Waals surface area contributed by atoms with Crippen molar-refractivity contribution in [3.8, 4) is 6.07 Å². The molecular weight excluding hydrogens is 278 g/mol. The summed E-state index contributed by atoms with van der Waals surface area (Å²) in [4.78, 5) is 12.6. The van der Waals surface area contributed by atoms with Gasteiger partial charge in [0.2, 0.25) is 5.91 Å². The van der Waals surface area contributed by atoms with E-state index < -0.39 is 40.2 Å². The molecule has 1 atom stereocenters. The summed E-state index contributed by atoms with van der Waals surface area (Å²) < 4.78 is 47.9. The minimum absolute atomic E-state index is 0.0429. The lowest BCUT2D eigenvalue weighted by atomic mass is 10.1. The molecule has 5 nitrogen and oxygen atoms in total. The minimum Gasteiger partial charge on any atom is -0.310 e. The van der Waals surface area contributed by atoms with Crippen LogP contribution < -0.4 is 4.90 Å². The summed E-state index contributed by atoms with van der Waals surface area (Å²) in [7, 11) is -4.85. The molecule has 8 heteroatoms. The Morgan fingerprint density at radius 1 is 1.42 bits per heavy atom. The van der Waals surface area contributed by atoms with Crippen molar-refractivity contribution >= 4 is 21.8 Å². The molecule has 0 aromatic heterocycles. The van der Waals surface area contributed by atoms with Gasteiger partial charge < -0.3 is 4.90 Å². The van der Waals surface area contributed by atoms with Crippen molar-refractivity contribution in [1.82, 2.24) is 0 Å². The lowest BCUT2D eigenvalue weighted by molar-refractivity contribution is -0.117. The van der Waals surface area contributed by atoms with Crippen LogP contribution in [0.1, 0.15) is 12.0 Å². The largest absolute Gasteiger partial charge is 0.310 e. The maximum atomic E-state index is 13.4. The number of halogens is 2. The fraction of sp³-hybridized carbons (Fsp3) is 0.273. The van der Waals surface area contributed by atoms with Crippen molar-refractivity contribution in [1.29, 1.82) is 5.26 Å². The Kier molecular flexibility index (Phi) is 3.24. The fourth-order valence-electron chi connectivity index (χ4n) is 1.94. The van der Waals surface area contributed by atoms with Crippen LogP contribution >= 0.6 is 0 Å². The van der Waals surface area contributed by atoms with E-state index in [0.717, 1.165) is 11.0 Å². The number of nitrogens with zero attached hydrogens (tertiary/aromatic N) is 2. The molecule has 1 unspecified atom stereocenters. The zero-order valence-corrected chi connectivity index (χ0v) is 10.3. The monoisotopic (exact) mass is 286 g/mol. The number of nitriles is 1. The van der Waals surface area contributed by atoms with Crippen molar-refractivity contribution in [2.24, 2.45) is 0 Å². The predicted molar refractivity (Wildman–Crippen MR) is 61.9 cm³/mol.